The predicted molar refractivity (Wildman–Crippen MR) is 86.0 cm³/mol. The third-order valence-electron chi connectivity index (χ3n) is 2.96. The summed E-state index contributed by atoms with van der Waals surface area (Å²) in [5.74, 6) is 0.489. The number of benzene rings is 1. The van der Waals surface area contributed by atoms with Crippen LogP contribution in [-0.4, -0.2) is 22.3 Å². The van der Waals surface area contributed by atoms with Gasteiger partial charge in [-0.15, -0.1) is 0 Å². The number of aromatic nitrogens is 2. The molecule has 0 saturated heterocycles. The molecule has 1 heterocycles. The van der Waals surface area contributed by atoms with Crippen molar-refractivity contribution in [1.29, 1.82) is 0 Å². The molecule has 0 fully saturated rings. The van der Waals surface area contributed by atoms with Gasteiger partial charge < -0.3 is 10.1 Å². The fourth-order valence-corrected chi connectivity index (χ4v) is 2.17. The normalized spacial score (nSPS) is 10.4. The van der Waals surface area contributed by atoms with E-state index in [0.29, 0.717) is 5.75 Å². The minimum Gasteiger partial charge on any atom is -0.484 e. The number of hydrogen-bond acceptors (Lipinski definition) is 3. The minimum atomic E-state index is -0.192. The number of carbonyl (C=O) groups excluding carboxylic acids is 1. The molecule has 5 nitrogen and oxygen atoms in total. The molecule has 1 amide bonds. The van der Waals surface area contributed by atoms with Crippen LogP contribution in [0.15, 0.2) is 24.3 Å². The van der Waals surface area contributed by atoms with Crippen LogP contribution in [0.25, 0.3) is 0 Å². The molecule has 0 unspecified atom stereocenters. The van der Waals surface area contributed by atoms with Crippen LogP contribution in [0, 0.1) is 17.4 Å². The highest BCUT2D eigenvalue weighted by Crippen LogP contribution is 2.18. The summed E-state index contributed by atoms with van der Waals surface area (Å²) in [4.78, 5) is 11.9. The van der Waals surface area contributed by atoms with E-state index < -0.39 is 0 Å². The van der Waals surface area contributed by atoms with Gasteiger partial charge in [0.05, 0.1) is 17.1 Å². The second-order valence-corrected chi connectivity index (χ2v) is 5.71. The van der Waals surface area contributed by atoms with Crippen molar-refractivity contribution in [2.75, 3.05) is 11.9 Å². The van der Waals surface area contributed by atoms with Gasteiger partial charge in [0.15, 0.2) is 6.61 Å². The summed E-state index contributed by atoms with van der Waals surface area (Å²) in [7, 11) is 1.85. The first kappa shape index (κ1) is 14.8. The average Bonchev–Trinajstić information content (AvgIpc) is 2.65. The van der Waals surface area contributed by atoms with Crippen LogP contribution in [-0.2, 0) is 11.8 Å². The van der Waals surface area contributed by atoms with Crippen LogP contribution in [0.3, 0.4) is 0 Å². The maximum atomic E-state index is 11.9. The highest BCUT2D eigenvalue weighted by atomic mass is 127. The van der Waals surface area contributed by atoms with Gasteiger partial charge in [0.2, 0.25) is 0 Å². The van der Waals surface area contributed by atoms with E-state index in [1.54, 1.807) is 4.68 Å². The fraction of sp³-hybridized carbons (Fsp3) is 0.286. The monoisotopic (exact) mass is 385 g/mol. The van der Waals surface area contributed by atoms with Crippen molar-refractivity contribution < 1.29 is 9.53 Å². The van der Waals surface area contributed by atoms with E-state index in [-0.39, 0.29) is 12.5 Å². The topological polar surface area (TPSA) is 56.2 Å². The number of nitrogens with zero attached hydrogens (tertiary/aromatic N) is 2. The Hall–Kier alpha value is -1.57. The van der Waals surface area contributed by atoms with Gasteiger partial charge in [-0.25, -0.2) is 0 Å². The van der Waals surface area contributed by atoms with Gasteiger partial charge in [0, 0.05) is 10.6 Å². The van der Waals surface area contributed by atoms with E-state index in [4.69, 9.17) is 4.74 Å². The predicted octanol–water partition coefficient (Wildman–Crippen LogP) is 2.66. The lowest BCUT2D eigenvalue weighted by Gasteiger charge is -2.08. The Labute approximate surface area is 131 Å². The molecule has 0 aliphatic carbocycles. The Bertz CT molecular complexity index is 620. The zero-order valence-corrected chi connectivity index (χ0v) is 13.8. The maximum absolute atomic E-state index is 11.9. The van der Waals surface area contributed by atoms with Gasteiger partial charge in [0.25, 0.3) is 5.91 Å². The van der Waals surface area contributed by atoms with Crippen molar-refractivity contribution in [3.8, 4) is 5.75 Å². The van der Waals surface area contributed by atoms with Crippen LogP contribution in [0.1, 0.15) is 11.4 Å². The average molecular weight is 385 g/mol. The number of halogens is 1. The van der Waals surface area contributed by atoms with Crippen molar-refractivity contribution in [3.63, 3.8) is 0 Å². The molecule has 1 N–H and O–H groups in total. The van der Waals surface area contributed by atoms with E-state index in [1.165, 1.54) is 0 Å². The zero-order chi connectivity index (χ0) is 14.7. The molecule has 1 aromatic carbocycles. The van der Waals surface area contributed by atoms with Crippen LogP contribution >= 0.6 is 22.6 Å². The third-order valence-corrected chi connectivity index (χ3v) is 3.68. The second kappa shape index (κ2) is 6.25. The SMILES string of the molecule is Cc1nn(C)c(C)c1NC(=O)COc1ccc(I)cc1. The standard InChI is InChI=1S/C14H16IN3O2/c1-9-14(10(2)18(3)17-9)16-13(19)8-20-12-6-4-11(15)5-7-12/h4-7H,8H2,1-3H3,(H,16,19). The molecule has 6 heteroatoms. The lowest BCUT2D eigenvalue weighted by atomic mass is 10.3. The fourth-order valence-electron chi connectivity index (χ4n) is 1.81. The Balaban J connectivity index is 1.94. The molecule has 20 heavy (non-hydrogen) atoms. The lowest BCUT2D eigenvalue weighted by molar-refractivity contribution is -0.118. The molecule has 0 spiro atoms. The molecular weight excluding hydrogens is 369 g/mol. The molecule has 2 aromatic rings. The smallest absolute Gasteiger partial charge is 0.262 e. The minimum absolute atomic E-state index is 0.0195. The summed E-state index contributed by atoms with van der Waals surface area (Å²) < 4.78 is 8.31. The van der Waals surface area contributed by atoms with E-state index in [1.807, 2.05) is 45.2 Å². The quantitative estimate of drug-likeness (QED) is 0.824. The molecular formula is C14H16IN3O2. The maximum Gasteiger partial charge on any atom is 0.262 e. The number of aryl methyl sites for hydroxylation is 2. The van der Waals surface area contributed by atoms with Gasteiger partial charge in [-0.05, 0) is 60.7 Å². The zero-order valence-electron chi connectivity index (χ0n) is 11.6. The van der Waals surface area contributed by atoms with Gasteiger partial charge in [0.1, 0.15) is 5.75 Å². The summed E-state index contributed by atoms with van der Waals surface area (Å²) >= 11 is 2.22. The highest BCUT2D eigenvalue weighted by molar-refractivity contribution is 14.1. The summed E-state index contributed by atoms with van der Waals surface area (Å²) in [6.07, 6.45) is 0. The Kier molecular flexibility index (Phi) is 4.64. The highest BCUT2D eigenvalue weighted by Gasteiger charge is 2.12. The van der Waals surface area contributed by atoms with E-state index in [2.05, 4.69) is 33.0 Å². The number of nitrogens with one attached hydrogen (secondary N) is 1. The molecule has 0 saturated carbocycles. The first-order chi connectivity index (χ1) is 9.47. The lowest BCUT2D eigenvalue weighted by Crippen LogP contribution is -2.20. The number of anilines is 1. The number of amides is 1. The van der Waals surface area contributed by atoms with Gasteiger partial charge >= 0.3 is 0 Å². The van der Waals surface area contributed by atoms with Crippen molar-refractivity contribution in [2.24, 2.45) is 7.05 Å². The van der Waals surface area contributed by atoms with Crippen molar-refractivity contribution in [3.05, 3.63) is 39.2 Å². The number of ether oxygens (including phenoxy) is 1. The van der Waals surface area contributed by atoms with E-state index in [0.717, 1.165) is 20.6 Å². The number of carbonyl (C=O) groups is 1. The van der Waals surface area contributed by atoms with E-state index in [9.17, 15) is 4.79 Å². The number of hydrogen-bond donors (Lipinski definition) is 1. The van der Waals surface area contributed by atoms with Crippen molar-refractivity contribution >= 4 is 34.2 Å². The molecule has 2 rings (SSSR count). The summed E-state index contributed by atoms with van der Waals surface area (Å²) in [5, 5.41) is 7.08. The largest absolute Gasteiger partial charge is 0.484 e. The summed E-state index contributed by atoms with van der Waals surface area (Å²) in [5.41, 5.74) is 2.47. The van der Waals surface area contributed by atoms with E-state index >= 15 is 0 Å². The van der Waals surface area contributed by atoms with Crippen LogP contribution in [0.5, 0.6) is 5.75 Å². The van der Waals surface area contributed by atoms with Gasteiger partial charge in [-0.2, -0.15) is 5.10 Å². The molecule has 106 valence electrons. The first-order valence-corrected chi connectivity index (χ1v) is 7.23. The third kappa shape index (κ3) is 3.50. The first-order valence-electron chi connectivity index (χ1n) is 6.16. The molecule has 0 radical (unpaired) electrons. The molecule has 0 aliphatic rings. The molecule has 1 aromatic heterocycles. The van der Waals surface area contributed by atoms with Crippen molar-refractivity contribution in [2.45, 2.75) is 13.8 Å². The van der Waals surface area contributed by atoms with Crippen LogP contribution < -0.4 is 10.1 Å². The Morgan fingerprint density at radius 1 is 1.35 bits per heavy atom. The molecule has 0 bridgehead atoms. The Morgan fingerprint density at radius 2 is 2.00 bits per heavy atom. The van der Waals surface area contributed by atoms with Crippen LogP contribution in [0.4, 0.5) is 5.69 Å². The number of rotatable bonds is 4. The summed E-state index contributed by atoms with van der Waals surface area (Å²) in [6, 6.07) is 7.55. The van der Waals surface area contributed by atoms with Gasteiger partial charge in [-0.1, -0.05) is 0 Å². The van der Waals surface area contributed by atoms with Crippen LogP contribution in [0.2, 0.25) is 0 Å². The second-order valence-electron chi connectivity index (χ2n) is 4.46. The molecule has 0 atom stereocenters. The van der Waals surface area contributed by atoms with Crippen molar-refractivity contribution in [1.82, 2.24) is 9.78 Å². The summed E-state index contributed by atoms with van der Waals surface area (Å²) in [6.45, 7) is 3.76. The van der Waals surface area contributed by atoms with Gasteiger partial charge in [-0.3, -0.25) is 9.48 Å². The Morgan fingerprint density at radius 3 is 2.55 bits per heavy atom. The molecule has 0 aliphatic heterocycles.